The standard InChI is InChI=1S/C19H19ClN2O3/c20-15-9-8-13(10-16(15)21)19(24)25-11-18(23)22-17-7-3-5-12-4-1-2-6-14(12)17/h1-2,4,6,8-10,17H,3,5,7,11,21H2,(H,22,23). The zero-order valence-corrected chi connectivity index (χ0v) is 14.4. The molecule has 2 aromatic carbocycles. The number of rotatable bonds is 4. The molecule has 1 unspecified atom stereocenters. The molecule has 3 N–H and O–H groups in total. The highest BCUT2D eigenvalue weighted by Gasteiger charge is 2.22. The number of nitrogen functional groups attached to an aromatic ring is 1. The quantitative estimate of drug-likeness (QED) is 0.649. The number of nitrogens with two attached hydrogens (primary N) is 1. The molecule has 0 saturated carbocycles. The Hall–Kier alpha value is -2.53. The summed E-state index contributed by atoms with van der Waals surface area (Å²) in [7, 11) is 0. The van der Waals surface area contributed by atoms with Crippen molar-refractivity contribution in [2.24, 2.45) is 0 Å². The number of esters is 1. The number of aryl methyl sites for hydroxylation is 1. The van der Waals surface area contributed by atoms with Gasteiger partial charge in [0.05, 0.1) is 22.3 Å². The van der Waals surface area contributed by atoms with E-state index in [1.165, 1.54) is 23.8 Å². The highest BCUT2D eigenvalue weighted by molar-refractivity contribution is 6.33. The zero-order valence-electron chi connectivity index (χ0n) is 13.6. The number of nitrogens with one attached hydrogen (secondary N) is 1. The number of hydrogen-bond donors (Lipinski definition) is 2. The number of ether oxygens (including phenoxy) is 1. The van der Waals surface area contributed by atoms with Gasteiger partial charge in [0, 0.05) is 0 Å². The molecule has 1 aliphatic rings. The van der Waals surface area contributed by atoms with Gasteiger partial charge in [0.2, 0.25) is 0 Å². The maximum Gasteiger partial charge on any atom is 0.338 e. The van der Waals surface area contributed by atoms with Gasteiger partial charge in [-0.15, -0.1) is 0 Å². The summed E-state index contributed by atoms with van der Waals surface area (Å²) in [6.45, 7) is -0.333. The van der Waals surface area contributed by atoms with Gasteiger partial charge in [-0.3, -0.25) is 4.79 Å². The Morgan fingerprint density at radius 3 is 2.84 bits per heavy atom. The maximum absolute atomic E-state index is 12.1. The van der Waals surface area contributed by atoms with Crippen LogP contribution in [0.1, 0.15) is 40.4 Å². The molecule has 0 fully saturated rings. The fourth-order valence-corrected chi connectivity index (χ4v) is 3.14. The van der Waals surface area contributed by atoms with Gasteiger partial charge in [-0.25, -0.2) is 4.79 Å². The normalized spacial score (nSPS) is 16.0. The van der Waals surface area contributed by atoms with Crippen molar-refractivity contribution < 1.29 is 14.3 Å². The third-order valence-corrected chi connectivity index (χ3v) is 4.61. The van der Waals surface area contributed by atoms with E-state index < -0.39 is 5.97 Å². The molecule has 5 nitrogen and oxygen atoms in total. The smallest absolute Gasteiger partial charge is 0.338 e. The molecule has 0 bridgehead atoms. The fourth-order valence-electron chi connectivity index (χ4n) is 3.03. The van der Waals surface area contributed by atoms with Gasteiger partial charge in [0.1, 0.15) is 0 Å². The molecule has 0 spiro atoms. The van der Waals surface area contributed by atoms with Crippen LogP contribution in [0.4, 0.5) is 5.69 Å². The average Bonchev–Trinajstić information content (AvgIpc) is 2.62. The van der Waals surface area contributed by atoms with Crippen molar-refractivity contribution in [3.05, 3.63) is 64.2 Å². The second-order valence-electron chi connectivity index (χ2n) is 6.02. The molecule has 25 heavy (non-hydrogen) atoms. The number of carbonyl (C=O) groups excluding carboxylic acids is 2. The van der Waals surface area contributed by atoms with Crippen molar-refractivity contribution in [2.45, 2.75) is 25.3 Å². The number of carbonyl (C=O) groups is 2. The SMILES string of the molecule is Nc1cc(C(=O)OCC(=O)NC2CCCc3ccccc32)ccc1Cl. The first-order valence-electron chi connectivity index (χ1n) is 8.14. The molecule has 1 atom stereocenters. The van der Waals surface area contributed by atoms with Crippen molar-refractivity contribution in [1.82, 2.24) is 5.32 Å². The van der Waals surface area contributed by atoms with Gasteiger partial charge in [-0.05, 0) is 48.6 Å². The largest absolute Gasteiger partial charge is 0.452 e. The Morgan fingerprint density at radius 1 is 1.24 bits per heavy atom. The Balaban J connectivity index is 1.57. The average molecular weight is 359 g/mol. The molecular weight excluding hydrogens is 340 g/mol. The number of amides is 1. The van der Waals surface area contributed by atoms with Gasteiger partial charge >= 0.3 is 5.97 Å². The Morgan fingerprint density at radius 2 is 2.04 bits per heavy atom. The van der Waals surface area contributed by atoms with Crippen LogP contribution in [0, 0.1) is 0 Å². The van der Waals surface area contributed by atoms with E-state index in [4.69, 9.17) is 22.1 Å². The lowest BCUT2D eigenvalue weighted by Crippen LogP contribution is -2.34. The van der Waals surface area contributed by atoms with Gasteiger partial charge in [0.25, 0.3) is 5.91 Å². The molecule has 0 aromatic heterocycles. The number of benzene rings is 2. The van der Waals surface area contributed by atoms with Gasteiger partial charge in [-0.1, -0.05) is 35.9 Å². The van der Waals surface area contributed by atoms with Crippen LogP contribution in [0.25, 0.3) is 0 Å². The molecular formula is C19H19ClN2O3. The third-order valence-electron chi connectivity index (χ3n) is 4.27. The molecule has 1 amide bonds. The van der Waals surface area contributed by atoms with Crippen molar-refractivity contribution >= 4 is 29.2 Å². The predicted octanol–water partition coefficient (Wildman–Crippen LogP) is 3.27. The summed E-state index contributed by atoms with van der Waals surface area (Å²) in [5.74, 6) is -0.931. The molecule has 3 rings (SSSR count). The van der Waals surface area contributed by atoms with E-state index in [-0.39, 0.29) is 24.1 Å². The van der Waals surface area contributed by atoms with E-state index in [2.05, 4.69) is 11.4 Å². The van der Waals surface area contributed by atoms with Crippen LogP contribution in [0.15, 0.2) is 42.5 Å². The fraction of sp³-hybridized carbons (Fsp3) is 0.263. The van der Waals surface area contributed by atoms with Crippen LogP contribution in [-0.4, -0.2) is 18.5 Å². The van der Waals surface area contributed by atoms with Crippen molar-refractivity contribution in [1.29, 1.82) is 0 Å². The summed E-state index contributed by atoms with van der Waals surface area (Å²) in [6.07, 6.45) is 2.92. The molecule has 1 aliphatic carbocycles. The monoisotopic (exact) mass is 358 g/mol. The summed E-state index contributed by atoms with van der Waals surface area (Å²) in [5, 5.41) is 3.31. The Labute approximate surface area is 151 Å². The van der Waals surface area contributed by atoms with Gasteiger partial charge in [0.15, 0.2) is 6.61 Å². The maximum atomic E-state index is 12.1. The first kappa shape index (κ1) is 17.3. The van der Waals surface area contributed by atoms with Crippen LogP contribution in [0.2, 0.25) is 5.02 Å². The van der Waals surface area contributed by atoms with E-state index >= 15 is 0 Å². The lowest BCUT2D eigenvalue weighted by atomic mass is 9.88. The molecule has 2 aromatic rings. The number of halogens is 1. The molecule has 0 saturated heterocycles. The number of hydrogen-bond acceptors (Lipinski definition) is 4. The van der Waals surface area contributed by atoms with Crippen LogP contribution >= 0.6 is 11.6 Å². The molecule has 0 heterocycles. The topological polar surface area (TPSA) is 81.4 Å². The van der Waals surface area contributed by atoms with Crippen molar-refractivity contribution in [3.8, 4) is 0 Å². The van der Waals surface area contributed by atoms with Gasteiger partial charge in [-0.2, -0.15) is 0 Å². The lowest BCUT2D eigenvalue weighted by Gasteiger charge is -2.26. The van der Waals surface area contributed by atoms with Crippen LogP contribution in [0.3, 0.4) is 0 Å². The summed E-state index contributed by atoms with van der Waals surface area (Å²) in [5.41, 5.74) is 8.61. The second kappa shape index (κ2) is 7.57. The zero-order chi connectivity index (χ0) is 17.8. The first-order valence-corrected chi connectivity index (χ1v) is 8.51. The molecule has 6 heteroatoms. The summed E-state index contributed by atoms with van der Waals surface area (Å²) in [6, 6.07) is 12.5. The van der Waals surface area contributed by atoms with Crippen LogP contribution in [0.5, 0.6) is 0 Å². The van der Waals surface area contributed by atoms with Crippen LogP contribution < -0.4 is 11.1 Å². The minimum Gasteiger partial charge on any atom is -0.452 e. The van der Waals surface area contributed by atoms with E-state index in [9.17, 15) is 9.59 Å². The highest BCUT2D eigenvalue weighted by atomic mass is 35.5. The predicted molar refractivity (Wildman–Crippen MR) is 96.4 cm³/mol. The van der Waals surface area contributed by atoms with Crippen molar-refractivity contribution in [2.75, 3.05) is 12.3 Å². The summed E-state index contributed by atoms with van der Waals surface area (Å²) in [4.78, 5) is 24.1. The van der Waals surface area contributed by atoms with E-state index in [1.807, 2.05) is 18.2 Å². The lowest BCUT2D eigenvalue weighted by molar-refractivity contribution is -0.125. The number of anilines is 1. The van der Waals surface area contributed by atoms with Crippen molar-refractivity contribution in [3.63, 3.8) is 0 Å². The molecule has 0 aliphatic heterocycles. The van der Waals surface area contributed by atoms with E-state index in [0.29, 0.717) is 10.7 Å². The minimum absolute atomic E-state index is 0.0395. The second-order valence-corrected chi connectivity index (χ2v) is 6.43. The highest BCUT2D eigenvalue weighted by Crippen LogP contribution is 2.29. The van der Waals surface area contributed by atoms with Crippen LogP contribution in [-0.2, 0) is 16.0 Å². The Kier molecular flexibility index (Phi) is 5.24. The van der Waals surface area contributed by atoms with E-state index in [0.717, 1.165) is 24.8 Å². The van der Waals surface area contributed by atoms with E-state index in [1.54, 1.807) is 0 Å². The first-order chi connectivity index (χ1) is 12.0. The Bertz CT molecular complexity index is 807. The summed E-state index contributed by atoms with van der Waals surface area (Å²) >= 11 is 5.82. The molecule has 0 radical (unpaired) electrons. The third kappa shape index (κ3) is 4.12. The number of fused-ring (bicyclic) bond motifs is 1. The summed E-state index contributed by atoms with van der Waals surface area (Å²) < 4.78 is 5.06. The van der Waals surface area contributed by atoms with Gasteiger partial charge < -0.3 is 15.8 Å². The minimum atomic E-state index is -0.609. The molecule has 130 valence electrons.